The Morgan fingerprint density at radius 1 is 1.32 bits per heavy atom. The van der Waals surface area contributed by atoms with Gasteiger partial charge in [-0.05, 0) is 24.3 Å². The number of hydrogen-bond acceptors (Lipinski definition) is 7. The van der Waals surface area contributed by atoms with Gasteiger partial charge in [-0.3, -0.25) is 9.59 Å². The Kier molecular flexibility index (Phi) is 5.48. The number of nitrogens with zero attached hydrogens (tertiary/aromatic N) is 2. The van der Waals surface area contributed by atoms with E-state index in [1.807, 2.05) is 0 Å². The van der Waals surface area contributed by atoms with Crippen LogP contribution < -0.4 is 5.32 Å². The van der Waals surface area contributed by atoms with Crippen molar-refractivity contribution in [2.24, 2.45) is 0 Å². The molecular formula is C13H12FN3O4S. The fourth-order valence-corrected chi connectivity index (χ4v) is 2.02. The van der Waals surface area contributed by atoms with Gasteiger partial charge in [-0.1, -0.05) is 11.8 Å². The molecular weight excluding hydrogens is 313 g/mol. The highest BCUT2D eigenvalue weighted by molar-refractivity contribution is 7.99. The van der Waals surface area contributed by atoms with E-state index in [0.717, 1.165) is 11.8 Å². The quantitative estimate of drug-likeness (QED) is 0.633. The van der Waals surface area contributed by atoms with E-state index >= 15 is 0 Å². The molecule has 0 aliphatic heterocycles. The number of thioether (sulfide) groups is 1. The standard InChI is InChI=1S/C13H12FN3O4S/c1-20-11(18)7-22-13-17-16-10(21-13)6-15-12(19)8-2-4-9(14)5-3-8/h2-5H,6-7H2,1H3,(H,15,19). The summed E-state index contributed by atoms with van der Waals surface area (Å²) in [5, 5.41) is 10.2. The molecule has 2 aromatic rings. The Hall–Kier alpha value is -2.42. The largest absolute Gasteiger partial charge is 0.468 e. The summed E-state index contributed by atoms with van der Waals surface area (Å²) in [5.41, 5.74) is 0.321. The molecule has 0 radical (unpaired) electrons. The van der Waals surface area contributed by atoms with E-state index in [1.54, 1.807) is 0 Å². The van der Waals surface area contributed by atoms with Crippen LogP contribution >= 0.6 is 11.8 Å². The van der Waals surface area contributed by atoms with Crippen molar-refractivity contribution in [1.82, 2.24) is 15.5 Å². The van der Waals surface area contributed by atoms with E-state index in [9.17, 15) is 14.0 Å². The number of ether oxygens (including phenoxy) is 1. The van der Waals surface area contributed by atoms with Crippen molar-refractivity contribution in [3.63, 3.8) is 0 Å². The highest BCUT2D eigenvalue weighted by atomic mass is 32.2. The van der Waals surface area contributed by atoms with Gasteiger partial charge in [0.25, 0.3) is 11.1 Å². The van der Waals surface area contributed by atoms with Gasteiger partial charge in [-0.25, -0.2) is 4.39 Å². The summed E-state index contributed by atoms with van der Waals surface area (Å²) in [6.45, 7) is 0.0298. The third-order valence-corrected chi connectivity index (χ3v) is 3.29. The zero-order valence-electron chi connectivity index (χ0n) is 11.5. The van der Waals surface area contributed by atoms with Gasteiger partial charge in [0.2, 0.25) is 5.89 Å². The molecule has 1 aromatic heterocycles. The van der Waals surface area contributed by atoms with Crippen molar-refractivity contribution in [2.45, 2.75) is 11.8 Å². The van der Waals surface area contributed by atoms with Crippen LogP contribution in [0.2, 0.25) is 0 Å². The minimum absolute atomic E-state index is 0.0298. The molecule has 1 N–H and O–H groups in total. The number of carbonyl (C=O) groups excluding carboxylic acids is 2. The van der Waals surface area contributed by atoms with E-state index in [2.05, 4.69) is 20.3 Å². The fraction of sp³-hybridized carbons (Fsp3) is 0.231. The minimum Gasteiger partial charge on any atom is -0.468 e. The summed E-state index contributed by atoms with van der Waals surface area (Å²) in [6.07, 6.45) is 0. The number of esters is 1. The molecule has 1 aromatic carbocycles. The summed E-state index contributed by atoms with van der Waals surface area (Å²) in [7, 11) is 1.28. The lowest BCUT2D eigenvalue weighted by Crippen LogP contribution is -2.22. The number of rotatable bonds is 6. The predicted molar refractivity (Wildman–Crippen MR) is 74.6 cm³/mol. The van der Waals surface area contributed by atoms with Gasteiger partial charge in [-0.15, -0.1) is 10.2 Å². The molecule has 0 fully saturated rings. The summed E-state index contributed by atoms with van der Waals surface area (Å²) in [4.78, 5) is 22.8. The highest BCUT2D eigenvalue weighted by Gasteiger charge is 2.11. The van der Waals surface area contributed by atoms with Gasteiger partial charge in [0.15, 0.2) is 0 Å². The van der Waals surface area contributed by atoms with Crippen LogP contribution in [0.5, 0.6) is 0 Å². The van der Waals surface area contributed by atoms with Crippen LogP contribution in [-0.4, -0.2) is 34.9 Å². The predicted octanol–water partition coefficient (Wildman–Crippen LogP) is 1.40. The Morgan fingerprint density at radius 3 is 2.73 bits per heavy atom. The van der Waals surface area contributed by atoms with Crippen molar-refractivity contribution in [1.29, 1.82) is 0 Å². The molecule has 0 atom stereocenters. The van der Waals surface area contributed by atoms with Crippen LogP contribution in [0.25, 0.3) is 0 Å². The Labute approximate surface area is 129 Å². The summed E-state index contributed by atoms with van der Waals surface area (Å²) >= 11 is 1.04. The third-order valence-electron chi connectivity index (χ3n) is 2.50. The molecule has 1 amide bonds. The summed E-state index contributed by atoms with van der Waals surface area (Å²) in [6, 6.07) is 5.14. The minimum atomic E-state index is -0.416. The Morgan fingerprint density at radius 2 is 2.05 bits per heavy atom. The van der Waals surface area contributed by atoms with E-state index in [0.29, 0.717) is 5.56 Å². The average molecular weight is 325 g/mol. The lowest BCUT2D eigenvalue weighted by Gasteiger charge is -2.02. The molecule has 0 aliphatic carbocycles. The second kappa shape index (κ2) is 7.55. The van der Waals surface area contributed by atoms with Crippen LogP contribution in [0.15, 0.2) is 33.9 Å². The van der Waals surface area contributed by atoms with Gasteiger partial charge in [0.1, 0.15) is 11.6 Å². The first kappa shape index (κ1) is 16.0. The zero-order valence-corrected chi connectivity index (χ0v) is 12.4. The fourth-order valence-electron chi connectivity index (χ4n) is 1.41. The van der Waals surface area contributed by atoms with Gasteiger partial charge in [0.05, 0.1) is 13.7 Å². The molecule has 22 heavy (non-hydrogen) atoms. The number of benzene rings is 1. The lowest BCUT2D eigenvalue weighted by atomic mass is 10.2. The molecule has 0 bridgehead atoms. The number of nitrogens with one attached hydrogen (secondary N) is 1. The van der Waals surface area contributed by atoms with Gasteiger partial charge in [-0.2, -0.15) is 0 Å². The third kappa shape index (κ3) is 4.55. The molecule has 0 saturated heterocycles. The second-order valence-electron chi connectivity index (χ2n) is 4.02. The molecule has 7 nitrogen and oxygen atoms in total. The van der Waals surface area contributed by atoms with E-state index in [4.69, 9.17) is 4.42 Å². The van der Waals surface area contributed by atoms with Crippen LogP contribution in [-0.2, 0) is 16.1 Å². The number of halogens is 1. The van der Waals surface area contributed by atoms with Gasteiger partial charge < -0.3 is 14.5 Å². The molecule has 0 aliphatic rings. The molecule has 1 heterocycles. The molecule has 0 spiro atoms. The maximum Gasteiger partial charge on any atom is 0.316 e. The van der Waals surface area contributed by atoms with Crippen LogP contribution in [0.1, 0.15) is 16.2 Å². The Balaban J connectivity index is 1.84. The lowest BCUT2D eigenvalue weighted by molar-refractivity contribution is -0.137. The number of carbonyl (C=O) groups is 2. The smallest absolute Gasteiger partial charge is 0.316 e. The average Bonchev–Trinajstić information content (AvgIpc) is 2.99. The van der Waals surface area contributed by atoms with Crippen molar-refractivity contribution in [3.05, 3.63) is 41.5 Å². The maximum atomic E-state index is 12.8. The normalized spacial score (nSPS) is 10.3. The van der Waals surface area contributed by atoms with Gasteiger partial charge in [0, 0.05) is 5.56 Å². The highest BCUT2D eigenvalue weighted by Crippen LogP contribution is 2.16. The topological polar surface area (TPSA) is 94.3 Å². The van der Waals surface area contributed by atoms with Crippen LogP contribution in [0.3, 0.4) is 0 Å². The van der Waals surface area contributed by atoms with Crippen molar-refractivity contribution in [3.8, 4) is 0 Å². The first-order chi connectivity index (χ1) is 10.6. The SMILES string of the molecule is COC(=O)CSc1nnc(CNC(=O)c2ccc(F)cc2)o1. The summed E-state index contributed by atoms with van der Waals surface area (Å²) in [5.74, 6) is -0.958. The van der Waals surface area contributed by atoms with Gasteiger partial charge >= 0.3 is 5.97 Å². The van der Waals surface area contributed by atoms with E-state index in [-0.39, 0.29) is 29.3 Å². The first-order valence-corrected chi connectivity index (χ1v) is 7.13. The zero-order chi connectivity index (χ0) is 15.9. The van der Waals surface area contributed by atoms with Crippen molar-refractivity contribution >= 4 is 23.6 Å². The molecule has 0 unspecified atom stereocenters. The van der Waals surface area contributed by atoms with E-state index in [1.165, 1.54) is 31.4 Å². The monoisotopic (exact) mass is 325 g/mol. The van der Waals surface area contributed by atoms with Crippen LogP contribution in [0, 0.1) is 5.82 Å². The second-order valence-corrected chi connectivity index (χ2v) is 4.94. The molecule has 0 saturated carbocycles. The van der Waals surface area contributed by atoms with Crippen LogP contribution in [0.4, 0.5) is 4.39 Å². The maximum absolute atomic E-state index is 12.8. The number of aromatic nitrogens is 2. The van der Waals surface area contributed by atoms with Crippen molar-refractivity contribution in [2.75, 3.05) is 12.9 Å². The van der Waals surface area contributed by atoms with E-state index < -0.39 is 11.8 Å². The Bertz CT molecular complexity index is 660. The summed E-state index contributed by atoms with van der Waals surface area (Å²) < 4.78 is 22.5. The van der Waals surface area contributed by atoms with Crippen molar-refractivity contribution < 1.29 is 23.1 Å². The number of amides is 1. The first-order valence-electron chi connectivity index (χ1n) is 6.14. The molecule has 116 valence electrons. The number of methoxy groups -OCH3 is 1. The molecule has 9 heteroatoms. The molecule has 2 rings (SSSR count). The number of hydrogen-bond donors (Lipinski definition) is 1.